The van der Waals surface area contributed by atoms with E-state index in [2.05, 4.69) is 76.0 Å². The first kappa shape index (κ1) is 69.3. The number of rotatable bonds is 44. The maximum Gasteiger partial charge on any atom is 0.472 e. The molecule has 1 aliphatic carbocycles. The molecule has 9 N–H and O–H groups in total. The largest absolute Gasteiger partial charge is 0.472 e. The van der Waals surface area contributed by atoms with Crippen LogP contribution in [0, 0.1) is 0 Å². The number of carbonyl (C=O) groups excluding carboxylic acids is 2. The Morgan fingerprint density at radius 2 is 0.795 bits per heavy atom. The van der Waals surface area contributed by atoms with Crippen LogP contribution in [0.2, 0.25) is 0 Å². The molecule has 0 aliphatic heterocycles. The van der Waals surface area contributed by atoms with Crippen LogP contribution < -0.4 is 0 Å². The smallest absolute Gasteiger partial charge is 0.462 e. The van der Waals surface area contributed by atoms with E-state index in [-0.39, 0.29) is 12.8 Å². The monoisotopic (exact) mass is 1130 g/mol. The lowest BCUT2D eigenvalue weighted by Crippen LogP contribution is -2.65. The number of phosphoric ester groups is 4. The summed E-state index contributed by atoms with van der Waals surface area (Å²) < 4.78 is 82.2. The molecule has 1 saturated carbocycles. The number of phosphoric acid groups is 4. The molecule has 1 fully saturated rings. The Morgan fingerprint density at radius 3 is 1.25 bits per heavy atom. The lowest BCUT2D eigenvalue weighted by Gasteiger charge is -2.45. The van der Waals surface area contributed by atoms with Crippen molar-refractivity contribution in [3.8, 4) is 0 Å². The van der Waals surface area contributed by atoms with E-state index in [1.807, 2.05) is 0 Å². The highest BCUT2D eigenvalue weighted by atomic mass is 31.2. The van der Waals surface area contributed by atoms with Gasteiger partial charge >= 0.3 is 43.2 Å². The average Bonchev–Trinajstić information content (AvgIpc) is 3.30. The van der Waals surface area contributed by atoms with Gasteiger partial charge in [0.2, 0.25) is 0 Å². The summed E-state index contributed by atoms with van der Waals surface area (Å²) in [5, 5.41) is 21.9. The van der Waals surface area contributed by atoms with E-state index >= 15 is 0 Å². The normalized spacial score (nSPS) is 21.4. The zero-order chi connectivity index (χ0) is 54.6. The predicted octanol–water partition coefficient (Wildman–Crippen LogP) is 9.52. The van der Waals surface area contributed by atoms with Gasteiger partial charge in [0, 0.05) is 12.8 Å². The fourth-order valence-corrected chi connectivity index (χ4v) is 10.3. The highest BCUT2D eigenvalue weighted by Gasteiger charge is 2.59. The van der Waals surface area contributed by atoms with Crippen molar-refractivity contribution < 1.29 is 104 Å². The van der Waals surface area contributed by atoms with Gasteiger partial charge in [-0.2, -0.15) is 0 Å². The Balaban J connectivity index is 2.89. The van der Waals surface area contributed by atoms with Crippen molar-refractivity contribution in [2.45, 2.75) is 224 Å². The van der Waals surface area contributed by atoms with E-state index in [0.29, 0.717) is 19.3 Å². The van der Waals surface area contributed by atoms with Crippen LogP contribution in [0.15, 0.2) is 48.6 Å². The van der Waals surface area contributed by atoms with Gasteiger partial charge < -0.3 is 53.9 Å². The lowest BCUT2D eigenvalue weighted by atomic mass is 9.85. The zero-order valence-electron chi connectivity index (χ0n) is 42.6. The molecule has 0 bridgehead atoms. The van der Waals surface area contributed by atoms with Crippen molar-refractivity contribution in [3.05, 3.63) is 48.6 Å². The average molecular weight is 1130 g/mol. The number of allylic oxidation sites excluding steroid dienone is 8. The van der Waals surface area contributed by atoms with E-state index in [9.17, 15) is 72.3 Å². The fraction of sp³-hybridized carbons (Fsp3) is 0.787. The van der Waals surface area contributed by atoms with Gasteiger partial charge in [0.05, 0.1) is 6.61 Å². The van der Waals surface area contributed by atoms with Crippen LogP contribution in [0.4, 0.5) is 0 Å². The van der Waals surface area contributed by atoms with Crippen LogP contribution in [0.1, 0.15) is 181 Å². The third-order valence-corrected chi connectivity index (χ3v) is 13.9. The molecule has 1 rings (SSSR count). The van der Waals surface area contributed by atoms with Gasteiger partial charge in [-0.05, 0) is 77.0 Å². The van der Waals surface area contributed by atoms with Crippen molar-refractivity contribution >= 4 is 43.2 Å². The third kappa shape index (κ3) is 37.6. The van der Waals surface area contributed by atoms with Crippen LogP contribution >= 0.6 is 31.3 Å². The summed E-state index contributed by atoms with van der Waals surface area (Å²) in [4.78, 5) is 93.0. The molecule has 8 atom stereocenters. The molecule has 0 saturated heterocycles. The van der Waals surface area contributed by atoms with Crippen LogP contribution in [0.25, 0.3) is 0 Å². The Morgan fingerprint density at radius 1 is 0.438 bits per heavy atom. The maximum absolute atomic E-state index is 13.3. The molecule has 6 unspecified atom stereocenters. The summed E-state index contributed by atoms with van der Waals surface area (Å²) in [7, 11) is -23.0. The van der Waals surface area contributed by atoms with Gasteiger partial charge in [0.15, 0.2) is 6.10 Å². The summed E-state index contributed by atoms with van der Waals surface area (Å²) in [6.07, 6.45) is 23.1. The molecule has 73 heavy (non-hydrogen) atoms. The number of unbranched alkanes of at least 4 members (excludes halogenated alkanes) is 18. The van der Waals surface area contributed by atoms with Crippen molar-refractivity contribution in [1.29, 1.82) is 0 Å². The van der Waals surface area contributed by atoms with Crippen molar-refractivity contribution in [2.24, 2.45) is 0 Å². The molecule has 22 nitrogen and oxygen atoms in total. The summed E-state index contributed by atoms with van der Waals surface area (Å²) >= 11 is 0. The Labute approximate surface area is 431 Å². The SMILES string of the molecule is CCCCC/C=C\C/C=C\C/C=C\CCCCCCC(=O)O[C@H](COC(=O)CCCCCCC/C=C\CCCCCCCC)COP(=O)(O)OC1C(O)C(OP(=O)(O)O)C(OP(=O)(O)O)[C@@H](OP(=O)(O)O)C1O. The highest BCUT2D eigenvalue weighted by Crippen LogP contribution is 2.53. The molecule has 426 valence electrons. The van der Waals surface area contributed by atoms with E-state index in [0.717, 1.165) is 77.0 Å². The van der Waals surface area contributed by atoms with Gasteiger partial charge in [-0.3, -0.25) is 32.2 Å². The van der Waals surface area contributed by atoms with Gasteiger partial charge in [0.1, 0.15) is 43.2 Å². The molecule has 0 heterocycles. The van der Waals surface area contributed by atoms with E-state index in [4.69, 9.17) is 18.5 Å². The van der Waals surface area contributed by atoms with Crippen LogP contribution in [0.5, 0.6) is 0 Å². The minimum Gasteiger partial charge on any atom is -0.462 e. The molecule has 0 spiro atoms. The molecule has 0 aromatic heterocycles. The minimum atomic E-state index is -5.80. The number of carbonyl (C=O) groups is 2. The lowest BCUT2D eigenvalue weighted by molar-refractivity contribution is -0.209. The quantitative estimate of drug-likeness (QED) is 0.0119. The molecule has 0 radical (unpaired) electrons. The molecule has 26 heteroatoms. The van der Waals surface area contributed by atoms with Crippen LogP contribution in [-0.2, 0) is 59.9 Å². The van der Waals surface area contributed by atoms with Gasteiger partial charge in [0.25, 0.3) is 0 Å². The minimum absolute atomic E-state index is 0.0178. The van der Waals surface area contributed by atoms with E-state index < -0.39 is 99.2 Å². The molecule has 0 aromatic carbocycles. The summed E-state index contributed by atoms with van der Waals surface area (Å²) in [6, 6.07) is 0. The van der Waals surface area contributed by atoms with E-state index in [1.54, 1.807) is 0 Å². The first-order chi connectivity index (χ1) is 34.5. The van der Waals surface area contributed by atoms with Gasteiger partial charge in [-0.1, -0.05) is 140 Å². The number of esters is 2. The molecule has 0 aromatic rings. The molecular weight excluding hydrogens is 1040 g/mol. The third-order valence-electron chi connectivity index (χ3n) is 11.3. The summed E-state index contributed by atoms with van der Waals surface area (Å²) in [5.41, 5.74) is 0. The highest BCUT2D eigenvalue weighted by molar-refractivity contribution is 7.47. The standard InChI is InChI=1S/C47H86O22P4/c1-3-5-7-9-11-13-15-17-19-20-22-24-26-28-30-32-34-36-41(49)65-39(37-63-40(48)35-33-31-29-27-25-23-21-18-16-14-12-10-8-6-4-2)38-64-73(61,62)69-44-42(50)45(66-70(52,53)54)47(68-72(58,59)60)46(43(44)51)67-71(55,56)57/h11,13,17-19,21-22,24,39,42-47,50-51H,3-10,12,14-16,20,23,25-38H2,1-2H3,(H,61,62)(H2,52,53,54)(H2,55,56,57)(H2,58,59,60)/b13-11-,19-17-,21-18-,24-22-/t39-,42?,43?,44?,45+,46?,47?/m1/s1. The first-order valence-electron chi connectivity index (χ1n) is 25.7. The molecule has 0 amide bonds. The number of hydrogen-bond donors (Lipinski definition) is 9. The topological polar surface area (TPSA) is 349 Å². The summed E-state index contributed by atoms with van der Waals surface area (Å²) in [5.74, 6) is -1.44. The Bertz CT molecular complexity index is 1770. The Kier molecular flexibility index (Phi) is 37.6. The second kappa shape index (κ2) is 39.6. The second-order valence-corrected chi connectivity index (χ2v) is 22.9. The number of ether oxygens (including phenoxy) is 2. The number of hydrogen-bond acceptors (Lipinski definition) is 15. The summed E-state index contributed by atoms with van der Waals surface area (Å²) in [6.45, 7) is 2.71. The van der Waals surface area contributed by atoms with E-state index in [1.165, 1.54) is 57.8 Å². The van der Waals surface area contributed by atoms with Crippen LogP contribution in [0.3, 0.4) is 0 Å². The van der Waals surface area contributed by atoms with Gasteiger partial charge in [-0.15, -0.1) is 0 Å². The zero-order valence-corrected chi connectivity index (χ0v) is 46.2. The molecular formula is C47H86O22P4. The predicted molar refractivity (Wildman–Crippen MR) is 272 cm³/mol. The number of aliphatic hydroxyl groups is 2. The van der Waals surface area contributed by atoms with Crippen molar-refractivity contribution in [1.82, 2.24) is 0 Å². The maximum atomic E-state index is 13.3. The van der Waals surface area contributed by atoms with Crippen molar-refractivity contribution in [2.75, 3.05) is 13.2 Å². The Hall–Kier alpha value is -1.74. The second-order valence-electron chi connectivity index (χ2n) is 18.0. The van der Waals surface area contributed by atoms with Gasteiger partial charge in [-0.25, -0.2) is 18.3 Å². The van der Waals surface area contributed by atoms with Crippen LogP contribution in [-0.4, -0.2) is 112 Å². The van der Waals surface area contributed by atoms with Crippen molar-refractivity contribution in [3.63, 3.8) is 0 Å². The first-order valence-corrected chi connectivity index (χ1v) is 31.8. The molecule has 1 aliphatic rings. The number of aliphatic hydroxyl groups excluding tert-OH is 2. The fourth-order valence-electron chi connectivity index (χ4n) is 7.61.